The summed E-state index contributed by atoms with van der Waals surface area (Å²) in [6.07, 6.45) is 8.23. The van der Waals surface area contributed by atoms with E-state index in [2.05, 4.69) is 27.8 Å². The van der Waals surface area contributed by atoms with Crippen LogP contribution in [0, 0.1) is 0 Å². The molecule has 1 unspecified atom stereocenters. The Labute approximate surface area is 159 Å². The van der Waals surface area contributed by atoms with Crippen molar-refractivity contribution in [2.24, 2.45) is 0 Å². The van der Waals surface area contributed by atoms with Crippen molar-refractivity contribution in [3.8, 4) is 0 Å². The predicted octanol–water partition coefficient (Wildman–Crippen LogP) is 3.84. The van der Waals surface area contributed by atoms with Crippen molar-refractivity contribution in [1.82, 2.24) is 14.3 Å². The van der Waals surface area contributed by atoms with Crippen molar-refractivity contribution in [3.63, 3.8) is 0 Å². The Morgan fingerprint density at radius 1 is 1.31 bits per heavy atom. The third kappa shape index (κ3) is 3.52. The number of aryl methyl sites for hydroxylation is 1. The minimum Gasteiger partial charge on any atom is -0.322 e. The summed E-state index contributed by atoms with van der Waals surface area (Å²) in [5.74, 6) is 0. The predicted molar refractivity (Wildman–Crippen MR) is 105 cm³/mol. The lowest BCUT2D eigenvalue weighted by molar-refractivity contribution is 0.158. The van der Waals surface area contributed by atoms with Crippen LogP contribution < -0.4 is 10.9 Å². The number of amides is 2. The molecule has 136 valence electrons. The van der Waals surface area contributed by atoms with Crippen LogP contribution in [0.1, 0.15) is 30.6 Å². The van der Waals surface area contributed by atoms with E-state index in [-0.39, 0.29) is 23.3 Å². The van der Waals surface area contributed by atoms with E-state index in [1.54, 1.807) is 22.9 Å². The Balaban J connectivity index is 1.47. The molecule has 0 aromatic carbocycles. The van der Waals surface area contributed by atoms with Gasteiger partial charge in [0, 0.05) is 29.0 Å². The number of rotatable bonds is 4. The van der Waals surface area contributed by atoms with Crippen LogP contribution in [0.5, 0.6) is 0 Å². The Hall–Kier alpha value is -2.19. The maximum atomic E-state index is 12.8. The monoisotopic (exact) mass is 388 g/mol. The molecule has 3 aromatic heterocycles. The first-order valence-corrected chi connectivity index (χ1v) is 10.5. The van der Waals surface area contributed by atoms with Gasteiger partial charge in [0.25, 0.3) is 5.56 Å². The Bertz CT molecular complexity index is 948. The molecule has 0 radical (unpaired) electrons. The maximum absolute atomic E-state index is 12.8. The van der Waals surface area contributed by atoms with E-state index in [1.165, 1.54) is 26.8 Å². The normalized spacial score (nSPS) is 17.5. The number of urea groups is 1. The SMILES string of the molecule is O=C(Nc1cnc2sccn2c1=O)N1CCCCC1CCc1cccs1. The number of thiazole rings is 1. The second-order valence-electron chi connectivity index (χ2n) is 6.42. The summed E-state index contributed by atoms with van der Waals surface area (Å²) in [5, 5.41) is 6.67. The van der Waals surface area contributed by atoms with Gasteiger partial charge in [-0.3, -0.25) is 9.20 Å². The highest BCUT2D eigenvalue weighted by atomic mass is 32.1. The molecule has 3 aromatic rings. The topological polar surface area (TPSA) is 66.7 Å². The van der Waals surface area contributed by atoms with E-state index >= 15 is 0 Å². The fraction of sp³-hybridized carbons (Fsp3) is 0.389. The highest BCUT2D eigenvalue weighted by molar-refractivity contribution is 7.15. The largest absolute Gasteiger partial charge is 0.322 e. The quantitative estimate of drug-likeness (QED) is 0.738. The minimum atomic E-state index is -0.239. The number of aromatic nitrogens is 2. The highest BCUT2D eigenvalue weighted by Gasteiger charge is 2.27. The van der Waals surface area contributed by atoms with Crippen molar-refractivity contribution in [2.75, 3.05) is 11.9 Å². The second kappa shape index (κ2) is 7.59. The Morgan fingerprint density at radius 3 is 3.08 bits per heavy atom. The molecule has 0 bridgehead atoms. The van der Waals surface area contributed by atoms with Gasteiger partial charge >= 0.3 is 6.03 Å². The van der Waals surface area contributed by atoms with E-state index in [0.29, 0.717) is 4.96 Å². The van der Waals surface area contributed by atoms with Gasteiger partial charge in [0.15, 0.2) is 4.96 Å². The first-order chi connectivity index (χ1) is 12.7. The number of piperidine rings is 1. The summed E-state index contributed by atoms with van der Waals surface area (Å²) >= 11 is 3.15. The van der Waals surface area contributed by atoms with Crippen molar-refractivity contribution in [1.29, 1.82) is 0 Å². The van der Waals surface area contributed by atoms with Crippen LogP contribution >= 0.6 is 22.7 Å². The van der Waals surface area contributed by atoms with E-state index in [0.717, 1.165) is 38.6 Å². The van der Waals surface area contributed by atoms with Crippen LogP contribution in [0.3, 0.4) is 0 Å². The minimum absolute atomic E-state index is 0.199. The number of likely N-dealkylation sites (tertiary alicyclic amines) is 1. The van der Waals surface area contributed by atoms with Crippen LogP contribution in [-0.2, 0) is 6.42 Å². The summed E-state index contributed by atoms with van der Waals surface area (Å²) in [7, 11) is 0. The summed E-state index contributed by atoms with van der Waals surface area (Å²) < 4.78 is 1.46. The number of thiophene rings is 1. The van der Waals surface area contributed by atoms with E-state index in [1.807, 2.05) is 4.90 Å². The summed E-state index contributed by atoms with van der Waals surface area (Å²) in [6.45, 7) is 0.733. The number of carbonyl (C=O) groups is 1. The molecule has 4 heterocycles. The first kappa shape index (κ1) is 17.2. The van der Waals surface area contributed by atoms with Gasteiger partial charge in [-0.15, -0.1) is 22.7 Å². The molecule has 2 amide bonds. The average Bonchev–Trinajstić information content (AvgIpc) is 3.34. The first-order valence-electron chi connectivity index (χ1n) is 8.77. The summed E-state index contributed by atoms with van der Waals surface area (Å²) in [6, 6.07) is 4.22. The van der Waals surface area contributed by atoms with Gasteiger partial charge in [-0.25, -0.2) is 9.78 Å². The third-order valence-electron chi connectivity index (χ3n) is 4.78. The molecule has 6 nitrogen and oxygen atoms in total. The Morgan fingerprint density at radius 2 is 2.23 bits per heavy atom. The number of anilines is 1. The number of carbonyl (C=O) groups excluding carboxylic acids is 1. The lowest BCUT2D eigenvalue weighted by Crippen LogP contribution is -2.46. The Kier molecular flexibility index (Phi) is 5.03. The summed E-state index contributed by atoms with van der Waals surface area (Å²) in [5.41, 5.74) is -0.00905. The molecule has 1 fully saturated rings. The van der Waals surface area contributed by atoms with E-state index < -0.39 is 0 Å². The van der Waals surface area contributed by atoms with Gasteiger partial charge in [0.1, 0.15) is 5.69 Å². The van der Waals surface area contributed by atoms with Gasteiger partial charge in [0.05, 0.1) is 6.20 Å². The zero-order valence-corrected chi connectivity index (χ0v) is 15.9. The van der Waals surface area contributed by atoms with Crippen LogP contribution in [-0.4, -0.2) is 32.9 Å². The standard InChI is InChI=1S/C18H20N4O2S2/c23-16-15(12-19-18-22(16)9-11-26-18)20-17(24)21-8-2-1-4-13(21)6-7-14-5-3-10-25-14/h3,5,9-13H,1-2,4,6-8H2,(H,20,24). The van der Waals surface area contributed by atoms with Crippen molar-refractivity contribution in [2.45, 2.75) is 38.1 Å². The maximum Gasteiger partial charge on any atom is 0.322 e. The number of nitrogens with zero attached hydrogens (tertiary/aromatic N) is 3. The molecule has 8 heteroatoms. The molecular weight excluding hydrogens is 368 g/mol. The highest BCUT2D eigenvalue weighted by Crippen LogP contribution is 2.23. The average molecular weight is 389 g/mol. The molecule has 0 aliphatic carbocycles. The molecule has 4 rings (SSSR count). The third-order valence-corrected chi connectivity index (χ3v) is 6.48. The lowest BCUT2D eigenvalue weighted by atomic mass is 9.98. The molecule has 0 spiro atoms. The second-order valence-corrected chi connectivity index (χ2v) is 8.33. The van der Waals surface area contributed by atoms with Gasteiger partial charge < -0.3 is 10.2 Å². The van der Waals surface area contributed by atoms with Crippen LogP contribution in [0.25, 0.3) is 4.96 Å². The molecule has 0 saturated carbocycles. The number of fused-ring (bicyclic) bond motifs is 1. The smallest absolute Gasteiger partial charge is 0.322 e. The summed E-state index contributed by atoms with van der Waals surface area (Å²) in [4.78, 5) is 33.4. The number of hydrogen-bond acceptors (Lipinski definition) is 5. The van der Waals surface area contributed by atoms with Crippen LogP contribution in [0.2, 0.25) is 0 Å². The molecule has 1 N–H and O–H groups in total. The van der Waals surface area contributed by atoms with Gasteiger partial charge in [-0.2, -0.15) is 0 Å². The molecule has 1 aliphatic heterocycles. The molecular formula is C18H20N4O2S2. The zero-order chi connectivity index (χ0) is 17.9. The fourth-order valence-electron chi connectivity index (χ4n) is 3.43. The lowest BCUT2D eigenvalue weighted by Gasteiger charge is -2.35. The van der Waals surface area contributed by atoms with Crippen molar-refractivity contribution >= 4 is 39.4 Å². The van der Waals surface area contributed by atoms with Gasteiger partial charge in [0.2, 0.25) is 0 Å². The fourth-order valence-corrected chi connectivity index (χ4v) is 4.83. The molecule has 1 aliphatic rings. The van der Waals surface area contributed by atoms with E-state index in [9.17, 15) is 9.59 Å². The van der Waals surface area contributed by atoms with Crippen LogP contribution in [0.15, 0.2) is 40.1 Å². The van der Waals surface area contributed by atoms with E-state index in [4.69, 9.17) is 0 Å². The number of nitrogens with one attached hydrogen (secondary N) is 1. The van der Waals surface area contributed by atoms with Crippen LogP contribution in [0.4, 0.5) is 10.5 Å². The van der Waals surface area contributed by atoms with Gasteiger partial charge in [-0.1, -0.05) is 6.07 Å². The molecule has 1 atom stereocenters. The molecule has 1 saturated heterocycles. The van der Waals surface area contributed by atoms with Gasteiger partial charge in [-0.05, 0) is 43.6 Å². The zero-order valence-electron chi connectivity index (χ0n) is 14.3. The van der Waals surface area contributed by atoms with Crippen molar-refractivity contribution in [3.05, 3.63) is 50.5 Å². The molecule has 26 heavy (non-hydrogen) atoms. The number of hydrogen-bond donors (Lipinski definition) is 1. The van der Waals surface area contributed by atoms with Crippen molar-refractivity contribution < 1.29 is 4.79 Å².